The molecule has 0 aliphatic rings. The molecule has 0 aliphatic heterocycles. The fraction of sp³-hybridized carbons (Fsp3) is 0.500. The average Bonchev–Trinajstić information content (AvgIpc) is 0.791. The van der Waals surface area contributed by atoms with Crippen molar-refractivity contribution in [2.45, 2.75) is 284 Å². The van der Waals surface area contributed by atoms with E-state index in [2.05, 4.69) is 48.2 Å². The van der Waals surface area contributed by atoms with E-state index in [0.717, 1.165) is 89.9 Å². The number of esters is 5. The molecule has 25 nitrogen and oxygen atoms in total. The van der Waals surface area contributed by atoms with Gasteiger partial charge in [0.25, 0.3) is 0 Å². The van der Waals surface area contributed by atoms with Gasteiger partial charge >= 0.3 is 35.8 Å². The van der Waals surface area contributed by atoms with Gasteiger partial charge in [0.05, 0.1) is 24.7 Å². The van der Waals surface area contributed by atoms with E-state index in [-0.39, 0.29) is 43.2 Å². The second-order valence-electron chi connectivity index (χ2n) is 33.2. The maximum atomic E-state index is 14.7. The Morgan fingerprint density at radius 1 is 0.402 bits per heavy atom. The fourth-order valence-electron chi connectivity index (χ4n) is 13.2. The molecule has 127 heavy (non-hydrogen) atoms. The van der Waals surface area contributed by atoms with Crippen molar-refractivity contribution < 1.29 is 111 Å². The van der Waals surface area contributed by atoms with Crippen LogP contribution in [-0.4, -0.2) is 159 Å². The molecule has 0 saturated carbocycles. The van der Waals surface area contributed by atoms with Crippen molar-refractivity contribution in [1.29, 1.82) is 0 Å². The van der Waals surface area contributed by atoms with Gasteiger partial charge in [0.15, 0.2) is 48.4 Å². The Kier molecular flexibility index (Phi) is 50.3. The molecule has 5 aromatic rings. The Bertz CT molecular complexity index is 4470. The van der Waals surface area contributed by atoms with Crippen molar-refractivity contribution in [3.05, 3.63) is 192 Å². The molecule has 2 amide bonds. The predicted octanol–water partition coefficient (Wildman–Crippen LogP) is 16.4. The van der Waals surface area contributed by atoms with E-state index in [0.29, 0.717) is 85.1 Å². The van der Waals surface area contributed by atoms with Gasteiger partial charge in [-0.1, -0.05) is 242 Å². The Morgan fingerprint density at radius 3 is 1.03 bits per heavy atom. The molecule has 6 atom stereocenters. The van der Waals surface area contributed by atoms with Crippen LogP contribution in [0, 0.1) is 35.5 Å². The number of allylic oxidation sites excluding steroid dienone is 2. The fourth-order valence-corrected chi connectivity index (χ4v) is 13.2. The van der Waals surface area contributed by atoms with Crippen LogP contribution in [0.5, 0.6) is 11.5 Å². The second kappa shape index (κ2) is 59.3. The average molecular weight is 1750 g/mol. The van der Waals surface area contributed by atoms with Gasteiger partial charge in [-0.3, -0.25) is 43.2 Å². The van der Waals surface area contributed by atoms with Gasteiger partial charge in [-0.25, -0.2) is 19.2 Å². The summed E-state index contributed by atoms with van der Waals surface area (Å²) in [5, 5.41) is 39.3. The zero-order chi connectivity index (χ0) is 93.5. The van der Waals surface area contributed by atoms with E-state index < -0.39 is 144 Å². The lowest BCUT2D eigenvalue weighted by Crippen LogP contribution is -2.57. The third-order valence-electron chi connectivity index (χ3n) is 20.1. The molecule has 0 aliphatic carbocycles. The molecule has 688 valence electrons. The Labute approximate surface area is 749 Å². The maximum Gasteiger partial charge on any atom is 0.340 e. The van der Waals surface area contributed by atoms with Gasteiger partial charge in [0.2, 0.25) is 11.8 Å². The molecule has 0 radical (unpaired) electrons. The molecule has 25 heteroatoms. The highest BCUT2D eigenvalue weighted by atomic mass is 16.6. The number of aliphatic hydroxyl groups is 2. The maximum absolute atomic E-state index is 14.7. The van der Waals surface area contributed by atoms with Gasteiger partial charge in [-0.2, -0.15) is 0 Å². The number of amides is 2. The lowest BCUT2D eigenvalue weighted by molar-refractivity contribution is -0.188. The number of aliphatic carboxylic acids is 1. The monoisotopic (exact) mass is 1750 g/mol. The molecule has 5 N–H and O–H groups in total. The zero-order valence-corrected chi connectivity index (χ0v) is 75.7. The van der Waals surface area contributed by atoms with Crippen LogP contribution in [0.25, 0.3) is 0 Å². The van der Waals surface area contributed by atoms with E-state index in [9.17, 15) is 77.6 Å². The highest BCUT2D eigenvalue weighted by Crippen LogP contribution is 2.32. The summed E-state index contributed by atoms with van der Waals surface area (Å²) in [6, 6.07) is 34.9. The summed E-state index contributed by atoms with van der Waals surface area (Å²) in [5.74, 6) is -2.02. The molecular weight excluding hydrogens is 1620 g/mol. The topological polar surface area (TPSA) is 371 Å². The van der Waals surface area contributed by atoms with Crippen molar-refractivity contribution in [3.8, 4) is 35.2 Å². The first-order valence-electron chi connectivity index (χ1n) is 44.2. The van der Waals surface area contributed by atoms with Crippen LogP contribution in [0.3, 0.4) is 0 Å². The largest absolute Gasteiger partial charge is 0.481 e. The number of ether oxygens (including phenoxy) is 7. The molecule has 0 fully saturated rings. The number of ketones is 5. The molecule has 0 saturated heterocycles. The van der Waals surface area contributed by atoms with E-state index in [1.807, 2.05) is 0 Å². The van der Waals surface area contributed by atoms with Crippen molar-refractivity contribution in [2.75, 3.05) is 33.0 Å². The van der Waals surface area contributed by atoms with Crippen LogP contribution in [0.4, 0.5) is 0 Å². The van der Waals surface area contributed by atoms with E-state index >= 15 is 0 Å². The first-order chi connectivity index (χ1) is 60.6. The first-order valence-corrected chi connectivity index (χ1v) is 44.2. The lowest BCUT2D eigenvalue weighted by Gasteiger charge is -2.34. The summed E-state index contributed by atoms with van der Waals surface area (Å²) in [6.45, 7) is 15.3. The van der Waals surface area contributed by atoms with Gasteiger partial charge in [0, 0.05) is 55.2 Å². The van der Waals surface area contributed by atoms with Gasteiger partial charge in [-0.05, 0) is 142 Å². The second-order valence-corrected chi connectivity index (χ2v) is 33.2. The number of carbonyl (C=O) groups excluding carboxylic acids is 12. The molecular formula is C102H132N2O23. The standard InChI is InChI=1S/C55H69NO12.C47H63NO11/c1-6-8-10-13-22-29-44(57)30-23-14-11-12-15-24-31-46(55(64,53(63)68-54(3,4)5)38-50(60)66-39-48(58)42-25-18-16-19-26-42)51(61)56-47(37-41-32-34-45(35-33-41)65-36-9-7-2)52(62)67-40-49(59)43-27-20-17-21-28-43;1-6-8-10-13-19-24-37(49)25-20-14-11-12-15-21-26-39(47(56,33-42(51)52)45(55)59-46(3,4)5)43(53)48-40(32-35-27-29-38(30-28-35)57-31-9-7-2)44(54)58-34-41(50)36-22-17-16-18-23-36/h16-21,24-28,31-35,46-47,64H,6,8,10-15,22-23,29-30,36-40H2,1-5H3,(H,56,61);16-18,21-23,26-30,39-40,56H,6,8,10-15,19-20,24-25,31-34H2,1-5H3,(H,48,53)(H,51,52)/b31-24+;26-21+/t46-,47+,55+;39-,40+,47+/m11/s1. The normalized spacial score (nSPS) is 13.1. The van der Waals surface area contributed by atoms with E-state index in [1.165, 1.54) is 57.9 Å². The number of benzene rings is 5. The number of nitrogens with one attached hydrogen (secondary N) is 2. The van der Waals surface area contributed by atoms with Crippen LogP contribution in [0.15, 0.2) is 164 Å². The predicted molar refractivity (Wildman–Crippen MR) is 483 cm³/mol. The Morgan fingerprint density at radius 2 is 0.717 bits per heavy atom. The molecule has 0 heterocycles. The summed E-state index contributed by atoms with van der Waals surface area (Å²) < 4.78 is 38.4. The number of hydrogen-bond donors (Lipinski definition) is 5. The van der Waals surface area contributed by atoms with Gasteiger partial charge < -0.3 is 59.1 Å². The van der Waals surface area contributed by atoms with Crippen molar-refractivity contribution in [2.24, 2.45) is 11.8 Å². The summed E-state index contributed by atoms with van der Waals surface area (Å²) >= 11 is 0. The number of carboxylic acid groups (broad SMARTS) is 1. The first kappa shape index (κ1) is 108. The highest BCUT2D eigenvalue weighted by Gasteiger charge is 2.53. The van der Waals surface area contributed by atoms with Crippen LogP contribution < -0.4 is 20.1 Å². The molecule has 0 aromatic heterocycles. The molecule has 0 bridgehead atoms. The molecule has 0 spiro atoms. The molecule has 5 aromatic carbocycles. The Balaban J connectivity index is 0.000000538. The van der Waals surface area contributed by atoms with Crippen LogP contribution >= 0.6 is 0 Å². The number of carboxylic acids is 1. The summed E-state index contributed by atoms with van der Waals surface area (Å²) in [7, 11) is 0. The van der Waals surface area contributed by atoms with Crippen LogP contribution in [0.1, 0.15) is 278 Å². The summed E-state index contributed by atoms with van der Waals surface area (Å²) in [4.78, 5) is 173. The minimum atomic E-state index is -2.92. The molecule has 5 rings (SSSR count). The minimum absolute atomic E-state index is 0.138. The van der Waals surface area contributed by atoms with Crippen LogP contribution in [0.2, 0.25) is 0 Å². The quantitative estimate of drug-likeness (QED) is 0.00603. The number of rotatable bonds is 59. The zero-order valence-electron chi connectivity index (χ0n) is 75.7. The number of Topliss-reactive ketones (excluding diaryl/α,β-unsaturated/α-hetero) is 5. The summed E-state index contributed by atoms with van der Waals surface area (Å²) in [5.41, 5.74) is -6.16. The highest BCUT2D eigenvalue weighted by molar-refractivity contribution is 6.01. The number of unbranched alkanes of at least 4 members (excludes halogenated alkanes) is 16. The Hall–Kier alpha value is -11.7. The number of carbonyl (C=O) groups is 13. The van der Waals surface area contributed by atoms with Gasteiger partial charge in [0.1, 0.15) is 59.6 Å². The smallest absolute Gasteiger partial charge is 0.340 e. The number of hydrogen-bond acceptors (Lipinski definition) is 22. The van der Waals surface area contributed by atoms with Crippen molar-refractivity contribution in [1.82, 2.24) is 10.6 Å². The molecule has 0 unspecified atom stereocenters. The third kappa shape index (κ3) is 43.9. The van der Waals surface area contributed by atoms with Crippen LogP contribution in [-0.2, 0) is 84.5 Å². The van der Waals surface area contributed by atoms with Crippen molar-refractivity contribution in [3.63, 3.8) is 0 Å². The third-order valence-corrected chi connectivity index (χ3v) is 20.1. The SMILES string of the molecule is CC#CCOc1ccc(C[C@H](NC(=O)[C@@H](/C=C/CCCCCCC(=O)CCCCCCC)[C@@](O)(CC(=O)O)C(=O)OC(C)(C)C)C(=O)OCC(=O)c2ccccc2)cc1.CC#CCOc1ccc(C[C@H](NC(=O)[C@@H](/C=C/CCCCCCC(=O)CCCCCCC)[C@@](O)(CC(=O)OCC(=O)c2ccccc2)C(=O)OC(C)(C)C)C(=O)OCC(=O)c2ccccc2)cc1. The van der Waals surface area contributed by atoms with Gasteiger partial charge in [-0.15, -0.1) is 11.8 Å². The lowest BCUT2D eigenvalue weighted by atomic mass is 9.82. The van der Waals surface area contributed by atoms with E-state index in [1.54, 1.807) is 174 Å². The minimum Gasteiger partial charge on any atom is -0.481 e. The van der Waals surface area contributed by atoms with E-state index in [4.69, 9.17) is 33.2 Å². The van der Waals surface area contributed by atoms with Crippen molar-refractivity contribution >= 4 is 76.5 Å². The summed E-state index contributed by atoms with van der Waals surface area (Å²) in [6.07, 6.45) is 23.0.